The molecule has 0 unspecified atom stereocenters. The van der Waals surface area contributed by atoms with E-state index >= 15 is 0 Å². The molecule has 0 saturated carbocycles. The Hall–Kier alpha value is -2.30. The van der Waals surface area contributed by atoms with Crippen LogP contribution in [0.5, 0.6) is 0 Å². The Bertz CT molecular complexity index is 672. The van der Waals surface area contributed by atoms with Gasteiger partial charge in [-0.05, 0) is 43.7 Å². The van der Waals surface area contributed by atoms with Crippen molar-refractivity contribution < 1.29 is 18.0 Å². The molecule has 2 aromatic rings. The van der Waals surface area contributed by atoms with Crippen molar-refractivity contribution in [3.05, 3.63) is 70.3 Å². The van der Waals surface area contributed by atoms with Crippen molar-refractivity contribution in [3.8, 4) is 0 Å². The molecular weight excluding hydrogens is 291 g/mol. The van der Waals surface area contributed by atoms with Crippen LogP contribution >= 0.6 is 0 Å². The van der Waals surface area contributed by atoms with E-state index in [1.165, 1.54) is 6.07 Å². The summed E-state index contributed by atoms with van der Waals surface area (Å²) in [5.41, 5.74) is 2.12. The van der Waals surface area contributed by atoms with Crippen molar-refractivity contribution in [2.45, 2.75) is 26.6 Å². The highest BCUT2D eigenvalue weighted by molar-refractivity contribution is 5.94. The molecule has 0 atom stereocenters. The maximum Gasteiger partial charge on any atom is 0.416 e. The molecule has 0 bridgehead atoms. The number of aryl methyl sites for hydroxylation is 2. The number of hydrogen-bond acceptors (Lipinski definition) is 1. The fourth-order valence-corrected chi connectivity index (χ4v) is 2.25. The van der Waals surface area contributed by atoms with Gasteiger partial charge in [-0.3, -0.25) is 4.79 Å². The van der Waals surface area contributed by atoms with Crippen LogP contribution in [0, 0.1) is 13.8 Å². The van der Waals surface area contributed by atoms with Crippen LogP contribution in [0.25, 0.3) is 0 Å². The highest BCUT2D eigenvalue weighted by Gasteiger charge is 2.30. The monoisotopic (exact) mass is 307 g/mol. The third-order valence-electron chi connectivity index (χ3n) is 3.19. The second kappa shape index (κ2) is 6.22. The molecule has 1 N–H and O–H groups in total. The van der Waals surface area contributed by atoms with Crippen molar-refractivity contribution in [1.29, 1.82) is 0 Å². The number of halogens is 3. The predicted octanol–water partition coefficient (Wildman–Crippen LogP) is 4.25. The number of carbonyl (C=O) groups is 1. The molecule has 0 spiro atoms. The van der Waals surface area contributed by atoms with E-state index in [4.69, 9.17) is 0 Å². The highest BCUT2D eigenvalue weighted by Crippen LogP contribution is 2.29. The Balaban J connectivity index is 2.08. The van der Waals surface area contributed by atoms with Gasteiger partial charge in [0.2, 0.25) is 0 Å². The van der Waals surface area contributed by atoms with Gasteiger partial charge in [0.1, 0.15) is 0 Å². The summed E-state index contributed by atoms with van der Waals surface area (Å²) in [6, 6.07) is 10.4. The van der Waals surface area contributed by atoms with Gasteiger partial charge in [0.25, 0.3) is 5.91 Å². The number of carbonyl (C=O) groups excluding carboxylic acids is 1. The summed E-state index contributed by atoms with van der Waals surface area (Å²) < 4.78 is 37.9. The van der Waals surface area contributed by atoms with Crippen molar-refractivity contribution in [2.24, 2.45) is 0 Å². The SMILES string of the molecule is Cc1cc(C)cc(C(=O)NCc2cccc(C(F)(F)F)c2)c1. The van der Waals surface area contributed by atoms with Crippen LogP contribution in [-0.2, 0) is 12.7 Å². The second-order valence-electron chi connectivity index (χ2n) is 5.26. The first-order chi connectivity index (χ1) is 10.3. The van der Waals surface area contributed by atoms with E-state index < -0.39 is 11.7 Å². The van der Waals surface area contributed by atoms with Gasteiger partial charge in [-0.2, -0.15) is 13.2 Å². The molecule has 0 aromatic heterocycles. The Morgan fingerprint density at radius 3 is 2.27 bits per heavy atom. The van der Waals surface area contributed by atoms with Crippen LogP contribution in [0.1, 0.15) is 32.6 Å². The van der Waals surface area contributed by atoms with Gasteiger partial charge in [-0.15, -0.1) is 0 Å². The maximum atomic E-state index is 12.6. The summed E-state index contributed by atoms with van der Waals surface area (Å²) in [5, 5.41) is 2.64. The van der Waals surface area contributed by atoms with Gasteiger partial charge in [0.15, 0.2) is 0 Å². The lowest BCUT2D eigenvalue weighted by Crippen LogP contribution is -2.23. The van der Waals surface area contributed by atoms with E-state index in [9.17, 15) is 18.0 Å². The van der Waals surface area contributed by atoms with Crippen LogP contribution in [-0.4, -0.2) is 5.91 Å². The Morgan fingerprint density at radius 1 is 1.05 bits per heavy atom. The van der Waals surface area contributed by atoms with Gasteiger partial charge < -0.3 is 5.32 Å². The zero-order valence-corrected chi connectivity index (χ0v) is 12.3. The molecule has 0 radical (unpaired) electrons. The zero-order valence-electron chi connectivity index (χ0n) is 12.3. The number of rotatable bonds is 3. The topological polar surface area (TPSA) is 29.1 Å². The highest BCUT2D eigenvalue weighted by atomic mass is 19.4. The first-order valence-corrected chi connectivity index (χ1v) is 6.78. The van der Waals surface area contributed by atoms with Crippen molar-refractivity contribution in [3.63, 3.8) is 0 Å². The van der Waals surface area contributed by atoms with Crippen LogP contribution in [0.2, 0.25) is 0 Å². The third kappa shape index (κ3) is 4.10. The second-order valence-corrected chi connectivity index (χ2v) is 5.26. The molecule has 0 saturated heterocycles. The smallest absolute Gasteiger partial charge is 0.348 e. The lowest BCUT2D eigenvalue weighted by atomic mass is 10.1. The summed E-state index contributed by atoms with van der Waals surface area (Å²) in [4.78, 5) is 12.1. The maximum absolute atomic E-state index is 12.6. The molecule has 2 nitrogen and oxygen atoms in total. The number of alkyl halides is 3. The lowest BCUT2D eigenvalue weighted by molar-refractivity contribution is -0.137. The fraction of sp³-hybridized carbons (Fsp3) is 0.235. The molecule has 5 heteroatoms. The van der Waals surface area contributed by atoms with Crippen molar-refractivity contribution >= 4 is 5.91 Å². The predicted molar refractivity (Wildman–Crippen MR) is 78.5 cm³/mol. The van der Waals surface area contributed by atoms with Gasteiger partial charge in [-0.25, -0.2) is 0 Å². The summed E-state index contributed by atoms with van der Waals surface area (Å²) >= 11 is 0. The molecule has 0 aliphatic rings. The molecule has 0 fully saturated rings. The van der Waals surface area contributed by atoms with E-state index in [2.05, 4.69) is 5.32 Å². The first-order valence-electron chi connectivity index (χ1n) is 6.78. The van der Waals surface area contributed by atoms with Crippen molar-refractivity contribution in [1.82, 2.24) is 5.32 Å². The molecule has 0 aliphatic carbocycles. The zero-order chi connectivity index (χ0) is 16.3. The third-order valence-corrected chi connectivity index (χ3v) is 3.19. The largest absolute Gasteiger partial charge is 0.416 e. The molecule has 2 rings (SSSR count). The minimum atomic E-state index is -4.38. The average molecular weight is 307 g/mol. The number of nitrogens with one attached hydrogen (secondary N) is 1. The van der Waals surface area contributed by atoms with Gasteiger partial charge >= 0.3 is 6.18 Å². The van der Waals surface area contributed by atoms with Gasteiger partial charge in [0, 0.05) is 12.1 Å². The fourth-order valence-electron chi connectivity index (χ4n) is 2.25. The van der Waals surface area contributed by atoms with E-state index in [-0.39, 0.29) is 12.5 Å². The standard InChI is InChI=1S/C17H16F3NO/c1-11-6-12(2)8-14(7-11)16(22)21-10-13-4-3-5-15(9-13)17(18,19)20/h3-9H,10H2,1-2H3,(H,21,22). The summed E-state index contributed by atoms with van der Waals surface area (Å²) in [6.45, 7) is 3.82. The molecule has 1 amide bonds. The number of amides is 1. The lowest BCUT2D eigenvalue weighted by Gasteiger charge is -2.10. The van der Waals surface area contributed by atoms with Crippen LogP contribution in [0.3, 0.4) is 0 Å². The average Bonchev–Trinajstić information content (AvgIpc) is 2.43. The molecular formula is C17H16F3NO. The minimum absolute atomic E-state index is 0.0513. The van der Waals surface area contributed by atoms with Crippen LogP contribution in [0.15, 0.2) is 42.5 Å². The number of hydrogen-bond donors (Lipinski definition) is 1. The Labute approximate surface area is 127 Å². The summed E-state index contributed by atoms with van der Waals surface area (Å²) in [5.74, 6) is -0.302. The molecule has 0 heterocycles. The van der Waals surface area contributed by atoms with Crippen LogP contribution < -0.4 is 5.32 Å². The normalized spacial score (nSPS) is 11.3. The molecule has 116 valence electrons. The quantitative estimate of drug-likeness (QED) is 0.902. The van der Waals surface area contributed by atoms with E-state index in [0.29, 0.717) is 11.1 Å². The van der Waals surface area contributed by atoms with Crippen LogP contribution in [0.4, 0.5) is 13.2 Å². The summed E-state index contributed by atoms with van der Waals surface area (Å²) in [6.07, 6.45) is -4.38. The molecule has 22 heavy (non-hydrogen) atoms. The molecule has 2 aromatic carbocycles. The molecule has 0 aliphatic heterocycles. The van der Waals surface area contributed by atoms with E-state index in [1.807, 2.05) is 19.9 Å². The van der Waals surface area contributed by atoms with E-state index in [0.717, 1.165) is 23.3 Å². The minimum Gasteiger partial charge on any atom is -0.348 e. The Kier molecular flexibility index (Phi) is 4.54. The summed E-state index contributed by atoms with van der Waals surface area (Å²) in [7, 11) is 0. The van der Waals surface area contributed by atoms with Crippen molar-refractivity contribution in [2.75, 3.05) is 0 Å². The first kappa shape index (κ1) is 16.1. The Morgan fingerprint density at radius 2 is 1.68 bits per heavy atom. The van der Waals surface area contributed by atoms with E-state index in [1.54, 1.807) is 18.2 Å². The van der Waals surface area contributed by atoms with Gasteiger partial charge in [-0.1, -0.05) is 29.3 Å². The van der Waals surface area contributed by atoms with Gasteiger partial charge in [0.05, 0.1) is 5.56 Å². The number of benzene rings is 2.